The summed E-state index contributed by atoms with van der Waals surface area (Å²) in [7, 11) is 0. The van der Waals surface area contributed by atoms with Crippen LogP contribution in [0.4, 0.5) is 4.39 Å². The van der Waals surface area contributed by atoms with E-state index >= 15 is 0 Å². The first-order valence-electron chi connectivity index (χ1n) is 6.57. The number of hydrogen-bond acceptors (Lipinski definition) is 3. The van der Waals surface area contributed by atoms with Crippen LogP contribution in [0.2, 0.25) is 5.02 Å². The fourth-order valence-corrected chi connectivity index (χ4v) is 2.59. The molecule has 0 amide bonds. The first kappa shape index (κ1) is 13.9. The molecule has 1 aromatic carbocycles. The third-order valence-corrected chi connectivity index (χ3v) is 3.78. The van der Waals surface area contributed by atoms with Gasteiger partial charge in [-0.15, -0.1) is 0 Å². The predicted molar refractivity (Wildman–Crippen MR) is 78.5 cm³/mol. The quantitative estimate of drug-likeness (QED) is 0.808. The summed E-state index contributed by atoms with van der Waals surface area (Å²) in [5.74, 6) is -0.692. The maximum Gasteiger partial charge on any atom is 0.370 e. The summed E-state index contributed by atoms with van der Waals surface area (Å²) in [5.41, 5.74) is -0.533. The standard InChI is InChI=1S/C14H12ClFN2O3/c1-2-3-4-18-10-6-8(15)9(16)5-7(10)12(19)11-13(18)17-21-14(11)20/h5-6,17H,2-4H2,1H3. The van der Waals surface area contributed by atoms with Gasteiger partial charge in [-0.3, -0.25) is 4.79 Å². The van der Waals surface area contributed by atoms with Gasteiger partial charge in [-0.1, -0.05) is 24.9 Å². The minimum absolute atomic E-state index is 0.0719. The zero-order chi connectivity index (χ0) is 15.1. The topological polar surface area (TPSA) is 68.0 Å². The molecule has 0 spiro atoms. The molecule has 2 aromatic heterocycles. The molecule has 1 N–H and O–H groups in total. The van der Waals surface area contributed by atoms with Crippen LogP contribution in [0.3, 0.4) is 0 Å². The summed E-state index contributed by atoms with van der Waals surface area (Å²) in [4.78, 5) is 24.0. The number of hydrogen-bond donors (Lipinski definition) is 1. The zero-order valence-corrected chi connectivity index (χ0v) is 12.0. The Morgan fingerprint density at radius 2 is 2.14 bits per heavy atom. The Balaban J connectivity index is 2.53. The Bertz CT molecular complexity index is 955. The average Bonchev–Trinajstić information content (AvgIpc) is 2.83. The normalized spacial score (nSPS) is 11.6. The van der Waals surface area contributed by atoms with Crippen molar-refractivity contribution in [2.75, 3.05) is 0 Å². The van der Waals surface area contributed by atoms with Crippen molar-refractivity contribution in [2.24, 2.45) is 0 Å². The molecule has 2 heterocycles. The van der Waals surface area contributed by atoms with Gasteiger partial charge in [0.1, 0.15) is 5.82 Å². The molecule has 0 unspecified atom stereocenters. The summed E-state index contributed by atoms with van der Waals surface area (Å²) in [5, 5.41) is 2.42. The first-order chi connectivity index (χ1) is 10.0. The number of unbranched alkanes of at least 4 members (excludes halogenated alkanes) is 1. The van der Waals surface area contributed by atoms with Gasteiger partial charge in [-0.05, 0) is 18.6 Å². The molecule has 0 aliphatic carbocycles. The molecule has 3 rings (SSSR count). The van der Waals surface area contributed by atoms with E-state index in [1.165, 1.54) is 6.07 Å². The van der Waals surface area contributed by atoms with Gasteiger partial charge in [0.05, 0.1) is 10.5 Å². The van der Waals surface area contributed by atoms with Crippen LogP contribution in [0.15, 0.2) is 26.2 Å². The number of aromatic nitrogens is 2. The van der Waals surface area contributed by atoms with Crippen molar-refractivity contribution in [1.29, 1.82) is 0 Å². The Morgan fingerprint density at radius 3 is 2.86 bits per heavy atom. The van der Waals surface area contributed by atoms with Crippen molar-refractivity contribution in [3.63, 3.8) is 0 Å². The second kappa shape index (κ2) is 5.04. The summed E-state index contributed by atoms with van der Waals surface area (Å²) >= 11 is 5.82. The smallest absolute Gasteiger partial charge is 0.336 e. The number of benzene rings is 1. The first-order valence-corrected chi connectivity index (χ1v) is 6.95. The van der Waals surface area contributed by atoms with Gasteiger partial charge in [0.25, 0.3) is 0 Å². The molecule has 3 aromatic rings. The molecule has 0 fully saturated rings. The number of rotatable bonds is 3. The van der Waals surface area contributed by atoms with E-state index in [1.54, 1.807) is 4.57 Å². The molecular formula is C14H12ClFN2O3. The predicted octanol–water partition coefficient (Wildman–Crippen LogP) is 3.03. The van der Waals surface area contributed by atoms with Crippen molar-refractivity contribution in [2.45, 2.75) is 26.3 Å². The number of pyridine rings is 1. The van der Waals surface area contributed by atoms with Gasteiger partial charge < -0.3 is 9.09 Å². The molecule has 0 saturated carbocycles. The Hall–Kier alpha value is -2.08. The molecule has 0 aliphatic rings. The maximum atomic E-state index is 13.6. The third kappa shape index (κ3) is 2.06. The zero-order valence-electron chi connectivity index (χ0n) is 11.2. The van der Waals surface area contributed by atoms with E-state index < -0.39 is 16.9 Å². The second-order valence-electron chi connectivity index (χ2n) is 4.83. The maximum absolute atomic E-state index is 13.6. The van der Waals surface area contributed by atoms with Crippen molar-refractivity contribution in [3.8, 4) is 0 Å². The van der Waals surface area contributed by atoms with Crippen molar-refractivity contribution < 1.29 is 8.91 Å². The lowest BCUT2D eigenvalue weighted by Gasteiger charge is -2.12. The minimum atomic E-state index is -0.752. The number of halogens is 2. The molecule has 0 aliphatic heterocycles. The van der Waals surface area contributed by atoms with Crippen LogP contribution in [0.1, 0.15) is 19.8 Å². The van der Waals surface area contributed by atoms with E-state index in [9.17, 15) is 14.0 Å². The summed E-state index contributed by atoms with van der Waals surface area (Å²) in [6.07, 6.45) is 1.75. The Labute approximate surface area is 122 Å². The molecule has 7 heteroatoms. The summed E-state index contributed by atoms with van der Waals surface area (Å²) in [6, 6.07) is 2.46. The molecule has 0 radical (unpaired) electrons. The Morgan fingerprint density at radius 1 is 1.38 bits per heavy atom. The molecular weight excluding hydrogens is 299 g/mol. The van der Waals surface area contributed by atoms with E-state index in [-0.39, 0.29) is 15.8 Å². The van der Waals surface area contributed by atoms with Crippen LogP contribution in [0.25, 0.3) is 21.9 Å². The van der Waals surface area contributed by atoms with Crippen molar-refractivity contribution in [3.05, 3.63) is 43.6 Å². The van der Waals surface area contributed by atoms with Gasteiger partial charge in [0, 0.05) is 11.9 Å². The van der Waals surface area contributed by atoms with Crippen LogP contribution in [0.5, 0.6) is 0 Å². The molecule has 0 bridgehead atoms. The lowest BCUT2D eigenvalue weighted by Crippen LogP contribution is -2.15. The fourth-order valence-electron chi connectivity index (χ4n) is 2.43. The fraction of sp³-hybridized carbons (Fsp3) is 0.286. The monoisotopic (exact) mass is 310 g/mol. The molecule has 0 saturated heterocycles. The molecule has 5 nitrogen and oxygen atoms in total. The number of nitrogens with zero attached hydrogens (tertiary/aromatic N) is 1. The van der Waals surface area contributed by atoms with Crippen LogP contribution < -0.4 is 11.1 Å². The lowest BCUT2D eigenvalue weighted by atomic mass is 10.1. The van der Waals surface area contributed by atoms with Crippen molar-refractivity contribution in [1.82, 2.24) is 9.72 Å². The average molecular weight is 311 g/mol. The van der Waals surface area contributed by atoms with E-state index in [2.05, 4.69) is 5.16 Å². The molecule has 0 atom stereocenters. The Kier molecular flexibility index (Phi) is 3.33. The van der Waals surface area contributed by atoms with Gasteiger partial charge in [-0.2, -0.15) is 0 Å². The number of aromatic amines is 1. The summed E-state index contributed by atoms with van der Waals surface area (Å²) in [6.45, 7) is 2.58. The number of aryl methyl sites for hydroxylation is 1. The van der Waals surface area contributed by atoms with E-state index in [4.69, 9.17) is 16.1 Å². The van der Waals surface area contributed by atoms with Gasteiger partial charge >= 0.3 is 5.63 Å². The number of nitrogens with one attached hydrogen (secondary N) is 1. The molecule has 110 valence electrons. The second-order valence-corrected chi connectivity index (χ2v) is 5.24. The largest absolute Gasteiger partial charge is 0.370 e. The highest BCUT2D eigenvalue weighted by Crippen LogP contribution is 2.23. The van der Waals surface area contributed by atoms with Gasteiger partial charge in [0.15, 0.2) is 11.0 Å². The van der Waals surface area contributed by atoms with E-state index in [0.717, 1.165) is 18.9 Å². The highest BCUT2D eigenvalue weighted by Gasteiger charge is 2.18. The SMILES string of the molecule is CCCCn1c2cc(Cl)c(F)cc2c(=O)c2c(=O)o[nH]c21. The van der Waals surface area contributed by atoms with Crippen LogP contribution in [0, 0.1) is 5.82 Å². The summed E-state index contributed by atoms with van der Waals surface area (Å²) < 4.78 is 20.1. The number of H-pyrrole nitrogens is 1. The van der Waals surface area contributed by atoms with Crippen LogP contribution in [-0.2, 0) is 6.54 Å². The van der Waals surface area contributed by atoms with Crippen LogP contribution in [-0.4, -0.2) is 9.72 Å². The van der Waals surface area contributed by atoms with Crippen molar-refractivity contribution >= 4 is 33.5 Å². The number of fused-ring (bicyclic) bond motifs is 2. The van der Waals surface area contributed by atoms with E-state index in [0.29, 0.717) is 17.7 Å². The third-order valence-electron chi connectivity index (χ3n) is 3.49. The minimum Gasteiger partial charge on any atom is -0.336 e. The van der Waals surface area contributed by atoms with E-state index in [1.807, 2.05) is 6.92 Å². The lowest BCUT2D eigenvalue weighted by molar-refractivity contribution is 0.396. The van der Waals surface area contributed by atoms with Gasteiger partial charge in [-0.25, -0.2) is 14.3 Å². The highest BCUT2D eigenvalue weighted by atomic mass is 35.5. The highest BCUT2D eigenvalue weighted by molar-refractivity contribution is 6.31. The van der Waals surface area contributed by atoms with Crippen LogP contribution >= 0.6 is 11.6 Å². The van der Waals surface area contributed by atoms with Gasteiger partial charge in [0.2, 0.25) is 5.43 Å². The molecule has 21 heavy (non-hydrogen) atoms.